The van der Waals surface area contributed by atoms with Crippen molar-refractivity contribution in [3.8, 4) is 0 Å². The third-order valence-electron chi connectivity index (χ3n) is 2.15. The van der Waals surface area contributed by atoms with Crippen LogP contribution in [-0.2, 0) is 4.74 Å². The first-order valence-electron chi connectivity index (χ1n) is 4.44. The summed E-state index contributed by atoms with van der Waals surface area (Å²) in [5.74, 6) is 0. The lowest BCUT2D eigenvalue weighted by Crippen LogP contribution is -2.49. The zero-order valence-corrected chi connectivity index (χ0v) is 7.70. The average Bonchev–Trinajstić information content (AvgIpc) is 2.05. The van der Waals surface area contributed by atoms with Gasteiger partial charge in [0.2, 0.25) is 0 Å². The van der Waals surface area contributed by atoms with Gasteiger partial charge in [0.25, 0.3) is 0 Å². The van der Waals surface area contributed by atoms with E-state index >= 15 is 0 Å². The fraction of sp³-hybridized carbons (Fsp3) is 0.778. The van der Waals surface area contributed by atoms with Gasteiger partial charge in [0.05, 0.1) is 12.7 Å². The highest BCUT2D eigenvalue weighted by Gasteiger charge is 2.22. The zero-order valence-electron chi connectivity index (χ0n) is 7.70. The third-order valence-corrected chi connectivity index (χ3v) is 2.15. The molecular weight excluding hydrogens is 152 g/mol. The zero-order chi connectivity index (χ0) is 8.97. The number of morpholine rings is 1. The second-order valence-electron chi connectivity index (χ2n) is 3.32. The number of nitrogens with zero attached hydrogens (tertiary/aromatic N) is 1. The Bertz CT molecular complexity index is 147. The van der Waals surface area contributed by atoms with E-state index in [4.69, 9.17) is 10.5 Å². The molecule has 1 heterocycles. The Hall–Kier alpha value is -0.380. The van der Waals surface area contributed by atoms with Crippen LogP contribution in [0, 0.1) is 0 Å². The second-order valence-corrected chi connectivity index (χ2v) is 3.32. The predicted molar refractivity (Wildman–Crippen MR) is 50.0 cm³/mol. The van der Waals surface area contributed by atoms with Crippen LogP contribution in [0.4, 0.5) is 0 Å². The molecule has 0 radical (unpaired) electrons. The lowest BCUT2D eigenvalue weighted by molar-refractivity contribution is -0.0339. The van der Waals surface area contributed by atoms with E-state index in [-0.39, 0.29) is 12.1 Å². The fourth-order valence-electron chi connectivity index (χ4n) is 1.40. The van der Waals surface area contributed by atoms with Gasteiger partial charge in [-0.2, -0.15) is 0 Å². The first-order valence-corrected chi connectivity index (χ1v) is 4.44. The summed E-state index contributed by atoms with van der Waals surface area (Å²) in [6, 6.07) is 0.123. The number of ether oxygens (including phenoxy) is 1. The number of hydrogen-bond acceptors (Lipinski definition) is 3. The van der Waals surface area contributed by atoms with Gasteiger partial charge in [-0.1, -0.05) is 6.08 Å². The molecule has 3 nitrogen and oxygen atoms in total. The number of hydrogen-bond donors (Lipinski definition) is 1. The molecule has 0 spiro atoms. The Labute approximate surface area is 74.2 Å². The monoisotopic (exact) mass is 170 g/mol. The Kier molecular flexibility index (Phi) is 3.72. The predicted octanol–water partition coefficient (Wildman–Crippen LogP) is 0.220. The molecule has 1 rings (SSSR count). The van der Waals surface area contributed by atoms with Crippen LogP contribution in [0.2, 0.25) is 0 Å². The second kappa shape index (κ2) is 4.60. The van der Waals surface area contributed by atoms with Gasteiger partial charge in [-0.05, 0) is 6.92 Å². The summed E-state index contributed by atoms with van der Waals surface area (Å²) >= 11 is 0. The summed E-state index contributed by atoms with van der Waals surface area (Å²) in [6.45, 7) is 9.36. The lowest BCUT2D eigenvalue weighted by atomic mass is 10.1. The van der Waals surface area contributed by atoms with Crippen LogP contribution in [0.3, 0.4) is 0 Å². The van der Waals surface area contributed by atoms with Gasteiger partial charge in [0, 0.05) is 25.7 Å². The molecule has 0 bridgehead atoms. The first kappa shape index (κ1) is 9.71. The molecular formula is C9H18N2O. The lowest BCUT2D eigenvalue weighted by Gasteiger charge is -2.33. The molecule has 3 heteroatoms. The van der Waals surface area contributed by atoms with Crippen molar-refractivity contribution in [2.75, 3.05) is 26.2 Å². The summed E-state index contributed by atoms with van der Waals surface area (Å²) in [5, 5.41) is 0. The highest BCUT2D eigenvalue weighted by atomic mass is 16.5. The maximum atomic E-state index is 5.75. The van der Waals surface area contributed by atoms with Crippen LogP contribution in [-0.4, -0.2) is 43.3 Å². The molecule has 0 aromatic rings. The molecule has 12 heavy (non-hydrogen) atoms. The molecule has 70 valence electrons. The molecule has 2 N–H and O–H groups in total. The van der Waals surface area contributed by atoms with Gasteiger partial charge >= 0.3 is 0 Å². The maximum Gasteiger partial charge on any atom is 0.0850 e. The largest absolute Gasteiger partial charge is 0.374 e. The molecule has 2 unspecified atom stereocenters. The van der Waals surface area contributed by atoms with Gasteiger partial charge in [-0.25, -0.2) is 0 Å². The molecule has 1 aliphatic heterocycles. The van der Waals surface area contributed by atoms with Crippen LogP contribution in [0.15, 0.2) is 12.7 Å². The fourth-order valence-corrected chi connectivity index (χ4v) is 1.40. The summed E-state index contributed by atoms with van der Waals surface area (Å²) in [4.78, 5) is 2.31. The molecule has 0 aromatic carbocycles. The van der Waals surface area contributed by atoms with Crippen molar-refractivity contribution in [3.63, 3.8) is 0 Å². The Balaban J connectivity index is 2.34. The van der Waals surface area contributed by atoms with Crippen LogP contribution in [0.1, 0.15) is 6.92 Å². The molecule has 0 aliphatic carbocycles. The third kappa shape index (κ3) is 2.59. The van der Waals surface area contributed by atoms with Crippen LogP contribution in [0.25, 0.3) is 0 Å². The minimum Gasteiger partial charge on any atom is -0.374 e. The van der Waals surface area contributed by atoms with Crippen molar-refractivity contribution in [3.05, 3.63) is 12.7 Å². The number of nitrogens with two attached hydrogens (primary N) is 1. The van der Waals surface area contributed by atoms with E-state index in [1.165, 1.54) is 0 Å². The van der Waals surface area contributed by atoms with E-state index < -0.39 is 0 Å². The SMILES string of the molecule is C=CCN1CCOC(C(C)N)C1. The van der Waals surface area contributed by atoms with Gasteiger partial charge < -0.3 is 10.5 Å². The van der Waals surface area contributed by atoms with Gasteiger partial charge in [-0.3, -0.25) is 4.90 Å². The standard InChI is InChI=1S/C9H18N2O/c1-3-4-11-5-6-12-9(7-11)8(2)10/h3,8-9H,1,4-7,10H2,2H3. The quantitative estimate of drug-likeness (QED) is 0.616. The number of rotatable bonds is 3. The molecule has 0 amide bonds. The molecule has 0 saturated carbocycles. The van der Waals surface area contributed by atoms with Gasteiger partial charge in [0.15, 0.2) is 0 Å². The minimum absolute atomic E-state index is 0.123. The smallest absolute Gasteiger partial charge is 0.0850 e. The highest BCUT2D eigenvalue weighted by molar-refractivity contribution is 4.81. The Morgan fingerprint density at radius 2 is 2.58 bits per heavy atom. The summed E-state index contributed by atoms with van der Waals surface area (Å²) in [5.41, 5.74) is 5.75. The van der Waals surface area contributed by atoms with Crippen molar-refractivity contribution in [2.45, 2.75) is 19.1 Å². The Morgan fingerprint density at radius 1 is 1.83 bits per heavy atom. The topological polar surface area (TPSA) is 38.5 Å². The van der Waals surface area contributed by atoms with Crippen LogP contribution in [0.5, 0.6) is 0 Å². The van der Waals surface area contributed by atoms with Gasteiger partial charge in [0.1, 0.15) is 0 Å². The van der Waals surface area contributed by atoms with Crippen molar-refractivity contribution in [1.29, 1.82) is 0 Å². The first-order chi connectivity index (χ1) is 5.74. The molecule has 2 atom stereocenters. The van der Waals surface area contributed by atoms with E-state index in [1.807, 2.05) is 13.0 Å². The van der Waals surface area contributed by atoms with E-state index in [2.05, 4.69) is 11.5 Å². The van der Waals surface area contributed by atoms with Crippen LogP contribution >= 0.6 is 0 Å². The van der Waals surface area contributed by atoms with Gasteiger partial charge in [-0.15, -0.1) is 6.58 Å². The van der Waals surface area contributed by atoms with E-state index in [0.717, 1.165) is 26.2 Å². The molecule has 0 aromatic heterocycles. The average molecular weight is 170 g/mol. The van der Waals surface area contributed by atoms with Crippen molar-refractivity contribution in [2.24, 2.45) is 5.73 Å². The van der Waals surface area contributed by atoms with E-state index in [9.17, 15) is 0 Å². The van der Waals surface area contributed by atoms with E-state index in [0.29, 0.717) is 0 Å². The molecule has 1 fully saturated rings. The highest BCUT2D eigenvalue weighted by Crippen LogP contribution is 2.06. The van der Waals surface area contributed by atoms with Crippen molar-refractivity contribution < 1.29 is 4.74 Å². The van der Waals surface area contributed by atoms with Crippen molar-refractivity contribution in [1.82, 2.24) is 4.90 Å². The molecule has 1 aliphatic rings. The van der Waals surface area contributed by atoms with Crippen LogP contribution < -0.4 is 5.73 Å². The normalized spacial score (nSPS) is 28.3. The Morgan fingerprint density at radius 3 is 3.17 bits per heavy atom. The minimum atomic E-state index is 0.123. The van der Waals surface area contributed by atoms with Crippen molar-refractivity contribution >= 4 is 0 Å². The van der Waals surface area contributed by atoms with E-state index in [1.54, 1.807) is 0 Å². The molecule has 1 saturated heterocycles. The summed E-state index contributed by atoms with van der Waals surface area (Å²) in [7, 11) is 0. The summed E-state index contributed by atoms with van der Waals surface area (Å²) < 4.78 is 5.51. The maximum absolute atomic E-state index is 5.75. The summed E-state index contributed by atoms with van der Waals surface area (Å²) in [6.07, 6.45) is 2.11.